The second-order valence-electron chi connectivity index (χ2n) is 16.4. The first kappa shape index (κ1) is 39.8. The molecule has 0 saturated carbocycles. The van der Waals surface area contributed by atoms with Crippen LogP contribution < -0.4 is 30.5 Å². The number of amides is 4. The third-order valence-electron chi connectivity index (χ3n) is 12.5. The molecule has 3 N–H and O–H groups in total. The Bertz CT molecular complexity index is 2420. The molecule has 9 rings (SSSR count). The first-order chi connectivity index (χ1) is 29.2. The van der Waals surface area contributed by atoms with Crippen LogP contribution in [0.15, 0.2) is 54.4 Å². The summed E-state index contributed by atoms with van der Waals surface area (Å²) in [6.45, 7) is 5.80. The number of carbonyl (C=O) groups excluding carboxylic acids is 4. The maximum atomic E-state index is 14.7. The van der Waals surface area contributed by atoms with E-state index in [1.165, 1.54) is 24.8 Å². The normalized spacial score (nSPS) is 21.0. The number of thiophene rings is 1. The second kappa shape index (κ2) is 17.1. The number of nitrogens with zero attached hydrogens (tertiary/aromatic N) is 7. The summed E-state index contributed by atoms with van der Waals surface area (Å²) in [7, 11) is 1.53. The molecule has 17 heteroatoms. The largest absolute Gasteiger partial charge is 0.496 e. The van der Waals surface area contributed by atoms with Crippen LogP contribution in [0.25, 0.3) is 21.1 Å². The molecule has 1 unspecified atom stereocenters. The summed E-state index contributed by atoms with van der Waals surface area (Å²) in [5.74, 6) is -0.470. The summed E-state index contributed by atoms with van der Waals surface area (Å²) < 4.78 is 23.2. The highest BCUT2D eigenvalue weighted by atomic mass is 32.1. The Morgan fingerprint density at radius 2 is 1.80 bits per heavy atom. The minimum Gasteiger partial charge on any atom is -0.496 e. The van der Waals surface area contributed by atoms with Crippen molar-refractivity contribution in [3.8, 4) is 5.75 Å². The van der Waals surface area contributed by atoms with Crippen molar-refractivity contribution in [1.82, 2.24) is 35.3 Å². The number of hydrogen-bond donors (Lipinski definition) is 3. The number of carbonyl (C=O) groups is 4. The van der Waals surface area contributed by atoms with Gasteiger partial charge < -0.3 is 30.1 Å². The van der Waals surface area contributed by atoms with E-state index < -0.39 is 24.0 Å². The van der Waals surface area contributed by atoms with Crippen LogP contribution in [0.4, 0.5) is 21.5 Å². The van der Waals surface area contributed by atoms with Crippen LogP contribution in [0.5, 0.6) is 5.75 Å². The van der Waals surface area contributed by atoms with Crippen LogP contribution in [-0.2, 0) is 9.59 Å². The van der Waals surface area contributed by atoms with Crippen molar-refractivity contribution in [1.29, 1.82) is 0 Å². The number of piperidine rings is 4. The molecule has 2 aromatic carbocycles. The summed E-state index contributed by atoms with van der Waals surface area (Å²) in [6.07, 6.45) is 10.1. The zero-order valence-corrected chi connectivity index (χ0v) is 34.4. The van der Waals surface area contributed by atoms with E-state index in [0.29, 0.717) is 47.0 Å². The Kier molecular flexibility index (Phi) is 11.3. The van der Waals surface area contributed by atoms with Gasteiger partial charge in [-0.2, -0.15) is 5.10 Å². The monoisotopic (exact) mass is 836 g/mol. The third kappa shape index (κ3) is 8.37. The molecule has 4 saturated heterocycles. The van der Waals surface area contributed by atoms with Gasteiger partial charge in [-0.05, 0) is 75.1 Å². The molecule has 2 atom stereocenters. The molecule has 314 valence electrons. The highest BCUT2D eigenvalue weighted by Gasteiger charge is 2.31. The topological polar surface area (TPSA) is 167 Å². The van der Waals surface area contributed by atoms with Crippen molar-refractivity contribution >= 4 is 73.1 Å². The number of rotatable bonds is 10. The van der Waals surface area contributed by atoms with Gasteiger partial charge in [0.15, 0.2) is 0 Å². The number of ether oxygens (including phenoxy) is 1. The fraction of sp³-hybridized carbons (Fsp3) is 0.465. The zero-order chi connectivity index (χ0) is 41.3. The molecule has 0 bridgehead atoms. The summed E-state index contributed by atoms with van der Waals surface area (Å²) in [4.78, 5) is 65.7. The van der Waals surface area contributed by atoms with Crippen molar-refractivity contribution in [3.05, 3.63) is 65.6 Å². The van der Waals surface area contributed by atoms with Crippen LogP contribution in [0, 0.1) is 5.92 Å². The molecule has 4 amide bonds. The Morgan fingerprint density at radius 1 is 0.967 bits per heavy atom. The van der Waals surface area contributed by atoms with Crippen LogP contribution >= 0.6 is 11.3 Å². The number of imide groups is 1. The first-order valence-corrected chi connectivity index (χ1v) is 21.8. The number of likely N-dealkylation sites (tertiary alicyclic amines) is 1. The number of methoxy groups -OCH3 is 1. The van der Waals surface area contributed by atoms with Crippen LogP contribution in [0.1, 0.15) is 78.1 Å². The van der Waals surface area contributed by atoms with Gasteiger partial charge in [0, 0.05) is 87.1 Å². The number of halogens is 1. The van der Waals surface area contributed by atoms with Crippen LogP contribution in [0.2, 0.25) is 0 Å². The minimum atomic E-state index is -0.926. The van der Waals surface area contributed by atoms with Gasteiger partial charge in [0.25, 0.3) is 11.8 Å². The molecule has 4 aliphatic rings. The van der Waals surface area contributed by atoms with E-state index in [0.717, 1.165) is 91.8 Å². The SMILES string of the molecule is COc1cc(N2CCC(CN3CCC(n4cc5cc(NC(=O)c6csc7cncnc67)c(N6CCCC(F)C6)cc5n4)CC3)CC2)ccc1C(=O)N[C@H]1CCC(=O)NC1=O. The highest BCUT2D eigenvalue weighted by Crippen LogP contribution is 2.36. The Balaban J connectivity index is 0.805. The van der Waals surface area contributed by atoms with Gasteiger partial charge in [0.2, 0.25) is 11.8 Å². The first-order valence-electron chi connectivity index (χ1n) is 20.9. The average Bonchev–Trinajstić information content (AvgIpc) is 3.89. The molecule has 15 nitrogen and oxygen atoms in total. The number of hydrogen-bond acceptors (Lipinski definition) is 12. The number of nitrogens with one attached hydrogen (secondary N) is 3. The van der Waals surface area contributed by atoms with Gasteiger partial charge >= 0.3 is 0 Å². The lowest BCUT2D eigenvalue weighted by atomic mass is 9.94. The highest BCUT2D eigenvalue weighted by molar-refractivity contribution is 7.17. The van der Waals surface area contributed by atoms with Crippen molar-refractivity contribution < 1.29 is 28.3 Å². The zero-order valence-electron chi connectivity index (χ0n) is 33.6. The van der Waals surface area contributed by atoms with Gasteiger partial charge in [0.1, 0.15) is 24.3 Å². The van der Waals surface area contributed by atoms with Crippen molar-refractivity contribution in [2.24, 2.45) is 5.92 Å². The predicted octanol–water partition coefficient (Wildman–Crippen LogP) is 5.33. The molecule has 3 aromatic heterocycles. The lowest BCUT2D eigenvalue weighted by molar-refractivity contribution is -0.134. The maximum absolute atomic E-state index is 14.7. The van der Waals surface area contributed by atoms with Crippen LogP contribution in [0.3, 0.4) is 0 Å². The summed E-state index contributed by atoms with van der Waals surface area (Å²) >= 11 is 1.43. The fourth-order valence-electron chi connectivity index (χ4n) is 9.14. The molecular formula is C43H49FN10O5S. The minimum absolute atomic E-state index is 0.187. The van der Waals surface area contributed by atoms with E-state index in [4.69, 9.17) is 9.84 Å². The lowest BCUT2D eigenvalue weighted by Crippen LogP contribution is -2.52. The molecule has 4 fully saturated rings. The van der Waals surface area contributed by atoms with Crippen LogP contribution in [-0.4, -0.2) is 113 Å². The molecule has 0 aliphatic carbocycles. The van der Waals surface area contributed by atoms with Crippen molar-refractivity contribution in [2.45, 2.75) is 69.6 Å². The van der Waals surface area contributed by atoms with Gasteiger partial charge in [-0.25, -0.2) is 14.4 Å². The summed E-state index contributed by atoms with van der Waals surface area (Å²) in [5.41, 5.74) is 4.69. The number of aromatic nitrogens is 4. The standard InChI is InChI=1S/C43H49FN10O5S/c1-59-37-18-30(4-5-31(37)41(56)47-33-6-7-39(55)49-43(33)58)52-15-8-26(9-16-52)21-51-13-10-29(11-14-51)54-22-27-17-35(36(19-34(27)50-54)53-12-2-3-28(44)23-53)48-42(57)32-24-60-38-20-45-25-46-40(32)38/h4-5,17-20,22,24-26,28-29,33H,2-3,6-16,21,23H2,1H3,(H,47,56)(H,48,57)(H,49,55,58)/t28?,33-/m0/s1. The molecule has 0 radical (unpaired) electrons. The summed E-state index contributed by atoms with van der Waals surface area (Å²) in [6, 6.07) is 9.03. The quantitative estimate of drug-likeness (QED) is 0.156. The Morgan fingerprint density at radius 3 is 2.58 bits per heavy atom. The van der Waals surface area contributed by atoms with Gasteiger partial charge in [-0.3, -0.25) is 29.2 Å². The van der Waals surface area contributed by atoms with Gasteiger partial charge in [-0.1, -0.05) is 0 Å². The second-order valence-corrected chi connectivity index (χ2v) is 17.3. The van der Waals surface area contributed by atoms with E-state index in [2.05, 4.69) is 46.6 Å². The Labute approximate surface area is 350 Å². The summed E-state index contributed by atoms with van der Waals surface area (Å²) in [5, 5.41) is 15.9. The molecule has 7 heterocycles. The van der Waals surface area contributed by atoms with E-state index in [1.807, 2.05) is 29.2 Å². The number of benzene rings is 2. The molecule has 60 heavy (non-hydrogen) atoms. The molecule has 4 aliphatic heterocycles. The molecule has 5 aromatic rings. The van der Waals surface area contributed by atoms with E-state index >= 15 is 0 Å². The number of fused-ring (bicyclic) bond motifs is 2. The average molecular weight is 837 g/mol. The van der Waals surface area contributed by atoms with Crippen molar-refractivity contribution in [2.75, 3.05) is 68.0 Å². The third-order valence-corrected chi connectivity index (χ3v) is 13.4. The lowest BCUT2D eigenvalue weighted by Gasteiger charge is -2.38. The maximum Gasteiger partial charge on any atom is 0.258 e. The smallest absolute Gasteiger partial charge is 0.258 e. The van der Waals surface area contributed by atoms with Crippen molar-refractivity contribution in [3.63, 3.8) is 0 Å². The predicted molar refractivity (Wildman–Crippen MR) is 228 cm³/mol. The number of anilines is 3. The Hall–Kier alpha value is -5.68. The molecular weight excluding hydrogens is 788 g/mol. The van der Waals surface area contributed by atoms with E-state index in [9.17, 15) is 23.6 Å². The van der Waals surface area contributed by atoms with E-state index in [-0.39, 0.29) is 37.2 Å². The van der Waals surface area contributed by atoms with E-state index in [1.54, 1.807) is 17.6 Å². The molecule has 0 spiro atoms. The fourth-order valence-corrected chi connectivity index (χ4v) is 10.0. The number of alkyl halides is 1. The van der Waals surface area contributed by atoms with Gasteiger partial charge in [-0.15, -0.1) is 11.3 Å². The van der Waals surface area contributed by atoms with Gasteiger partial charge in [0.05, 0.1) is 51.4 Å².